The Morgan fingerprint density at radius 1 is 1.09 bits per heavy atom. The summed E-state index contributed by atoms with van der Waals surface area (Å²) in [5.41, 5.74) is 0.910. The monoisotopic (exact) mass is 345 g/mol. The quantitative estimate of drug-likeness (QED) is 0.806. The van der Waals surface area contributed by atoms with Crippen LogP contribution in [0, 0.1) is 0 Å². The first-order chi connectivity index (χ1) is 10.9. The van der Waals surface area contributed by atoms with Crippen molar-refractivity contribution < 1.29 is 17.9 Å². The molecule has 23 heavy (non-hydrogen) atoms. The molecule has 1 heterocycles. The molecule has 124 valence electrons. The van der Waals surface area contributed by atoms with Crippen molar-refractivity contribution in [1.82, 2.24) is 9.97 Å². The van der Waals surface area contributed by atoms with Gasteiger partial charge < -0.3 is 10.1 Å². The van der Waals surface area contributed by atoms with Crippen LogP contribution in [0.25, 0.3) is 0 Å². The fraction of sp³-hybridized carbons (Fsp3) is 0.333. The van der Waals surface area contributed by atoms with Gasteiger partial charge in [-0.05, 0) is 31.5 Å². The van der Waals surface area contributed by atoms with Gasteiger partial charge in [0.25, 0.3) is 0 Å². The van der Waals surface area contributed by atoms with E-state index in [2.05, 4.69) is 20.0 Å². The SMILES string of the molecule is CC(F)c1ncnc(NC(C)c2ccc(OC(F)F)cc2)c1Cl. The standard InChI is InChI=1S/C15H15ClF3N3O/c1-8(17)13-12(16)14(21-7-20-13)22-9(2)10-3-5-11(6-4-10)23-15(18)19/h3-9,15H,1-2H3,(H,20,21,22). The summed E-state index contributed by atoms with van der Waals surface area (Å²) in [6.45, 7) is 0.306. The summed E-state index contributed by atoms with van der Waals surface area (Å²) < 4.78 is 41.9. The number of halogens is 4. The Morgan fingerprint density at radius 3 is 2.30 bits per heavy atom. The highest BCUT2D eigenvalue weighted by Crippen LogP contribution is 2.30. The topological polar surface area (TPSA) is 47.0 Å². The number of nitrogens with zero attached hydrogens (tertiary/aromatic N) is 2. The molecule has 1 aromatic carbocycles. The number of anilines is 1. The molecular weight excluding hydrogens is 331 g/mol. The van der Waals surface area contributed by atoms with Crippen molar-refractivity contribution in [2.75, 3.05) is 5.32 Å². The van der Waals surface area contributed by atoms with Gasteiger partial charge in [0.1, 0.15) is 29.1 Å². The van der Waals surface area contributed by atoms with Crippen molar-refractivity contribution in [2.45, 2.75) is 32.7 Å². The second kappa shape index (κ2) is 7.50. The van der Waals surface area contributed by atoms with Crippen LogP contribution in [0.5, 0.6) is 5.75 Å². The fourth-order valence-corrected chi connectivity index (χ4v) is 2.29. The molecule has 0 bridgehead atoms. The van der Waals surface area contributed by atoms with E-state index in [0.717, 1.165) is 5.56 Å². The fourth-order valence-electron chi connectivity index (χ4n) is 1.99. The smallest absolute Gasteiger partial charge is 0.387 e. The summed E-state index contributed by atoms with van der Waals surface area (Å²) in [7, 11) is 0. The molecular formula is C15H15ClF3N3O. The number of rotatable bonds is 6. The summed E-state index contributed by atoms with van der Waals surface area (Å²) in [6.07, 6.45) is -0.0847. The lowest BCUT2D eigenvalue weighted by atomic mass is 10.1. The van der Waals surface area contributed by atoms with E-state index in [0.29, 0.717) is 5.82 Å². The Hall–Kier alpha value is -2.02. The minimum atomic E-state index is -2.86. The van der Waals surface area contributed by atoms with Gasteiger partial charge in [0, 0.05) is 6.04 Å². The molecule has 0 fully saturated rings. The van der Waals surface area contributed by atoms with Crippen LogP contribution >= 0.6 is 11.6 Å². The molecule has 0 amide bonds. The summed E-state index contributed by atoms with van der Waals surface area (Å²) in [5.74, 6) is 0.381. The Morgan fingerprint density at radius 2 is 1.74 bits per heavy atom. The van der Waals surface area contributed by atoms with Gasteiger partial charge in [-0.3, -0.25) is 0 Å². The summed E-state index contributed by atoms with van der Waals surface area (Å²) >= 11 is 6.09. The molecule has 2 rings (SSSR count). The average Bonchev–Trinajstić information content (AvgIpc) is 2.49. The van der Waals surface area contributed by atoms with E-state index in [1.165, 1.54) is 25.4 Å². The molecule has 8 heteroatoms. The third-order valence-electron chi connectivity index (χ3n) is 3.15. The Kier molecular flexibility index (Phi) is 5.65. The Bertz CT molecular complexity index is 653. The molecule has 0 saturated carbocycles. The molecule has 0 spiro atoms. The second-order valence-electron chi connectivity index (χ2n) is 4.85. The first-order valence-corrected chi connectivity index (χ1v) is 7.22. The molecule has 0 radical (unpaired) electrons. The van der Waals surface area contributed by atoms with Crippen molar-refractivity contribution in [2.24, 2.45) is 0 Å². The van der Waals surface area contributed by atoms with Crippen molar-refractivity contribution in [3.05, 3.63) is 46.9 Å². The highest BCUT2D eigenvalue weighted by Gasteiger charge is 2.16. The average molecular weight is 346 g/mol. The zero-order chi connectivity index (χ0) is 17.0. The van der Waals surface area contributed by atoms with Crippen LogP contribution in [0.3, 0.4) is 0 Å². The molecule has 2 aromatic rings. The summed E-state index contributed by atoms with van der Waals surface area (Å²) in [4.78, 5) is 7.81. The van der Waals surface area contributed by atoms with Gasteiger partial charge in [0.15, 0.2) is 0 Å². The van der Waals surface area contributed by atoms with Gasteiger partial charge in [-0.15, -0.1) is 0 Å². The first kappa shape index (κ1) is 17.3. The lowest BCUT2D eigenvalue weighted by Crippen LogP contribution is -2.10. The maximum absolute atomic E-state index is 13.4. The van der Waals surface area contributed by atoms with Crippen LogP contribution in [-0.2, 0) is 0 Å². The van der Waals surface area contributed by atoms with Crippen molar-refractivity contribution in [1.29, 1.82) is 0 Å². The molecule has 4 nitrogen and oxygen atoms in total. The lowest BCUT2D eigenvalue weighted by Gasteiger charge is -2.17. The van der Waals surface area contributed by atoms with E-state index >= 15 is 0 Å². The van der Waals surface area contributed by atoms with E-state index in [4.69, 9.17) is 11.6 Å². The minimum absolute atomic E-state index is 0.0737. The van der Waals surface area contributed by atoms with E-state index < -0.39 is 12.8 Å². The number of nitrogens with one attached hydrogen (secondary N) is 1. The predicted molar refractivity (Wildman–Crippen MR) is 81.7 cm³/mol. The van der Waals surface area contributed by atoms with E-state index in [1.54, 1.807) is 12.1 Å². The highest BCUT2D eigenvalue weighted by atomic mass is 35.5. The molecule has 1 aromatic heterocycles. The van der Waals surface area contributed by atoms with Crippen LogP contribution in [-0.4, -0.2) is 16.6 Å². The molecule has 0 aliphatic carbocycles. The number of ether oxygens (including phenoxy) is 1. The van der Waals surface area contributed by atoms with Crippen LogP contribution in [0.2, 0.25) is 5.02 Å². The maximum Gasteiger partial charge on any atom is 0.387 e. The summed E-state index contributed by atoms with van der Waals surface area (Å²) in [5, 5.41) is 3.16. The number of alkyl halides is 3. The molecule has 2 atom stereocenters. The van der Waals surface area contributed by atoms with Crippen molar-refractivity contribution in [3.8, 4) is 5.75 Å². The summed E-state index contributed by atoms with van der Waals surface area (Å²) in [6, 6.07) is 5.93. The van der Waals surface area contributed by atoms with E-state index in [-0.39, 0.29) is 22.5 Å². The number of hydrogen-bond donors (Lipinski definition) is 1. The van der Waals surface area contributed by atoms with Gasteiger partial charge >= 0.3 is 6.61 Å². The minimum Gasteiger partial charge on any atom is -0.435 e. The second-order valence-corrected chi connectivity index (χ2v) is 5.23. The Labute approximate surface area is 136 Å². The molecule has 2 unspecified atom stereocenters. The van der Waals surface area contributed by atoms with Crippen molar-refractivity contribution >= 4 is 17.4 Å². The number of aromatic nitrogens is 2. The van der Waals surface area contributed by atoms with Crippen LogP contribution in [0.15, 0.2) is 30.6 Å². The normalized spacial score (nSPS) is 13.7. The zero-order valence-electron chi connectivity index (χ0n) is 12.4. The third-order valence-corrected chi connectivity index (χ3v) is 3.52. The predicted octanol–water partition coefficient (Wildman–Crippen LogP) is 4.94. The van der Waals surface area contributed by atoms with Gasteiger partial charge in [0.2, 0.25) is 0 Å². The maximum atomic E-state index is 13.4. The van der Waals surface area contributed by atoms with Crippen LogP contribution in [0.4, 0.5) is 19.0 Å². The number of hydrogen-bond acceptors (Lipinski definition) is 4. The lowest BCUT2D eigenvalue weighted by molar-refractivity contribution is -0.0498. The van der Waals surface area contributed by atoms with Crippen LogP contribution in [0.1, 0.15) is 37.3 Å². The van der Waals surface area contributed by atoms with Crippen molar-refractivity contribution in [3.63, 3.8) is 0 Å². The molecule has 1 N–H and O–H groups in total. The van der Waals surface area contributed by atoms with Gasteiger partial charge in [0.05, 0.1) is 5.69 Å². The van der Waals surface area contributed by atoms with Gasteiger partial charge in [-0.1, -0.05) is 23.7 Å². The first-order valence-electron chi connectivity index (χ1n) is 6.84. The molecule has 0 aliphatic rings. The Balaban J connectivity index is 2.13. The molecule has 0 saturated heterocycles. The van der Waals surface area contributed by atoms with Crippen LogP contribution < -0.4 is 10.1 Å². The van der Waals surface area contributed by atoms with Gasteiger partial charge in [-0.2, -0.15) is 8.78 Å². The number of benzene rings is 1. The van der Waals surface area contributed by atoms with E-state index in [9.17, 15) is 13.2 Å². The highest BCUT2D eigenvalue weighted by molar-refractivity contribution is 6.33. The van der Waals surface area contributed by atoms with Gasteiger partial charge in [-0.25, -0.2) is 14.4 Å². The third kappa shape index (κ3) is 4.48. The molecule has 0 aliphatic heterocycles. The zero-order valence-corrected chi connectivity index (χ0v) is 13.2. The largest absolute Gasteiger partial charge is 0.435 e. The van der Waals surface area contributed by atoms with E-state index in [1.807, 2.05) is 6.92 Å².